The normalized spacial score (nSPS) is 13.4. The van der Waals surface area contributed by atoms with Gasteiger partial charge in [-0.25, -0.2) is 0 Å². The molecule has 0 spiro atoms. The van der Waals surface area contributed by atoms with E-state index in [-0.39, 0.29) is 0 Å². The number of hydrogen-bond donors (Lipinski definition) is 2. The monoisotopic (exact) mass is 541 g/mol. The summed E-state index contributed by atoms with van der Waals surface area (Å²) in [6.07, 6.45) is 32.5. The van der Waals surface area contributed by atoms with Gasteiger partial charge in [0.25, 0.3) is 0 Å². The third-order valence-electron chi connectivity index (χ3n) is 6.70. The fourth-order valence-electron chi connectivity index (χ4n) is 4.59. The Morgan fingerprint density at radius 2 is 0.758 bits per heavy atom. The standard InChI is InChI=1S/C27H55.H2O4S.Zn/c1-4-7-10-13-16-19-22-25-27(24-21-18-15-12-9-6-3)26-23-20-17-14-11-8-5-2;1-5(2,3)4;/h25,27H,4-24,26H2,1-3H3;(H2,1,2,3,4);. The predicted octanol–water partition coefficient (Wildman–Crippen LogP) is 9.93. The van der Waals surface area contributed by atoms with E-state index >= 15 is 0 Å². The second kappa shape index (κ2) is 27.1. The van der Waals surface area contributed by atoms with E-state index in [1.54, 1.807) is 37.6 Å². The molecule has 33 heavy (non-hydrogen) atoms. The first-order valence-electron chi connectivity index (χ1n) is 14.3. The maximum atomic E-state index is 8.74. The molecule has 197 valence electrons. The van der Waals surface area contributed by atoms with Crippen molar-refractivity contribution >= 4 is 10.4 Å². The van der Waals surface area contributed by atoms with Crippen LogP contribution in [0.4, 0.5) is 0 Å². The maximum Gasteiger partial charge on any atom is 0.394 e. The van der Waals surface area contributed by atoms with Gasteiger partial charge in [-0.15, -0.1) is 0 Å². The summed E-state index contributed by atoms with van der Waals surface area (Å²) >= 11 is 1.55. The van der Waals surface area contributed by atoms with Crippen molar-refractivity contribution in [3.8, 4) is 0 Å². The minimum Gasteiger partial charge on any atom is -0.264 e. The predicted molar refractivity (Wildman–Crippen MR) is 140 cm³/mol. The summed E-state index contributed by atoms with van der Waals surface area (Å²) in [4.78, 5) is 0. The van der Waals surface area contributed by atoms with Gasteiger partial charge in [0, 0.05) is 0 Å². The van der Waals surface area contributed by atoms with Gasteiger partial charge in [-0.3, -0.25) is 9.11 Å². The summed E-state index contributed by atoms with van der Waals surface area (Å²) < 4.78 is 32.7. The molecule has 0 aliphatic carbocycles. The summed E-state index contributed by atoms with van der Waals surface area (Å²) in [5.74, 6) is 1.07. The molecule has 0 saturated carbocycles. The molecule has 2 N–H and O–H groups in total. The van der Waals surface area contributed by atoms with Crippen molar-refractivity contribution in [2.24, 2.45) is 5.92 Å². The molecule has 0 aliphatic rings. The minimum atomic E-state index is -4.67. The van der Waals surface area contributed by atoms with Crippen molar-refractivity contribution in [2.75, 3.05) is 0 Å². The van der Waals surface area contributed by atoms with Crippen molar-refractivity contribution in [1.29, 1.82) is 0 Å². The quantitative estimate of drug-likeness (QED) is 0.0764. The Kier molecular flexibility index (Phi) is 29.3. The Labute approximate surface area is 218 Å². The first kappa shape index (κ1) is 35.7. The van der Waals surface area contributed by atoms with E-state index in [1.165, 1.54) is 122 Å². The maximum absolute atomic E-state index is 8.74. The molecule has 0 aliphatic heterocycles. The van der Waals surface area contributed by atoms with Crippen LogP contribution in [0.15, 0.2) is 0 Å². The molecule has 6 heteroatoms. The smallest absolute Gasteiger partial charge is 0.264 e. The minimum absolute atomic E-state index is 1.07. The van der Waals surface area contributed by atoms with Crippen LogP contribution in [0.1, 0.15) is 162 Å². The zero-order chi connectivity index (χ0) is 25.2. The van der Waals surface area contributed by atoms with Crippen molar-refractivity contribution in [1.82, 2.24) is 0 Å². The summed E-state index contributed by atoms with van der Waals surface area (Å²) in [7, 11) is -4.67. The molecule has 0 amide bonds. The molecule has 4 nitrogen and oxygen atoms in total. The molecule has 2 unspecified atom stereocenters. The molecule has 0 aromatic carbocycles. The molecule has 0 heterocycles. The van der Waals surface area contributed by atoms with Crippen molar-refractivity contribution < 1.29 is 35.8 Å². The average molecular weight is 543 g/mol. The molecule has 0 rings (SSSR count). The van der Waals surface area contributed by atoms with E-state index in [2.05, 4.69) is 20.8 Å². The van der Waals surface area contributed by atoms with Crippen LogP contribution in [-0.4, -0.2) is 17.5 Å². The van der Waals surface area contributed by atoms with Gasteiger partial charge < -0.3 is 0 Å². The van der Waals surface area contributed by atoms with Gasteiger partial charge in [0.15, 0.2) is 0 Å². The summed E-state index contributed by atoms with van der Waals surface area (Å²) in [5.41, 5.74) is 0. The first-order valence-corrected chi connectivity index (χ1v) is 17.4. The van der Waals surface area contributed by atoms with E-state index in [1.807, 2.05) is 0 Å². The van der Waals surface area contributed by atoms with Crippen molar-refractivity contribution in [2.45, 2.75) is 167 Å². The first-order chi connectivity index (χ1) is 15.8. The fourth-order valence-corrected chi connectivity index (χ4v) is 6.18. The third kappa shape index (κ3) is 34.7. The Balaban J connectivity index is 0. The SMILES string of the molecule is CCCCCCCCCC(CCCCCCCC)[CH]([Zn])CCCCCCCC.O=S(=O)(O)O. The molecular weight excluding hydrogens is 486 g/mol. The topological polar surface area (TPSA) is 74.6 Å². The van der Waals surface area contributed by atoms with Gasteiger partial charge in [-0.2, -0.15) is 8.42 Å². The average Bonchev–Trinajstić information content (AvgIpc) is 2.75. The van der Waals surface area contributed by atoms with E-state index < -0.39 is 10.4 Å². The second-order valence-electron chi connectivity index (χ2n) is 9.99. The molecule has 0 bridgehead atoms. The Morgan fingerprint density at radius 3 is 1.06 bits per heavy atom. The number of rotatable bonds is 23. The van der Waals surface area contributed by atoms with Crippen LogP contribution >= 0.6 is 0 Å². The number of hydrogen-bond acceptors (Lipinski definition) is 2. The molecule has 0 saturated heterocycles. The molecule has 0 radical (unpaired) electrons. The van der Waals surface area contributed by atoms with Crippen LogP contribution < -0.4 is 0 Å². The third-order valence-corrected chi connectivity index (χ3v) is 8.96. The van der Waals surface area contributed by atoms with Crippen molar-refractivity contribution in [3.05, 3.63) is 0 Å². The molecular formula is C27H57O4SZn. The Hall–Kier alpha value is 0.493. The van der Waals surface area contributed by atoms with Crippen molar-refractivity contribution in [3.63, 3.8) is 0 Å². The molecule has 0 aromatic heterocycles. The summed E-state index contributed by atoms with van der Waals surface area (Å²) in [6.45, 7) is 6.97. The van der Waals surface area contributed by atoms with Crippen LogP contribution in [-0.2, 0) is 28.7 Å². The van der Waals surface area contributed by atoms with Crippen LogP contribution in [0, 0.1) is 5.92 Å². The Bertz CT molecular complexity index is 463. The van der Waals surface area contributed by atoms with Crippen LogP contribution in [0.3, 0.4) is 0 Å². The van der Waals surface area contributed by atoms with E-state index in [0.717, 1.165) is 10.4 Å². The van der Waals surface area contributed by atoms with Gasteiger partial charge in [-0.05, 0) is 0 Å². The van der Waals surface area contributed by atoms with Crippen LogP contribution in [0.25, 0.3) is 0 Å². The molecule has 0 fully saturated rings. The zero-order valence-corrected chi connectivity index (χ0v) is 26.3. The zero-order valence-electron chi connectivity index (χ0n) is 22.5. The van der Waals surface area contributed by atoms with Gasteiger partial charge >= 0.3 is 201 Å². The van der Waals surface area contributed by atoms with Crippen LogP contribution in [0.5, 0.6) is 0 Å². The fraction of sp³-hybridized carbons (Fsp3) is 1.00. The van der Waals surface area contributed by atoms with Gasteiger partial charge in [0.2, 0.25) is 0 Å². The molecule has 0 aromatic rings. The van der Waals surface area contributed by atoms with Crippen LogP contribution in [0.2, 0.25) is 4.51 Å². The van der Waals surface area contributed by atoms with Gasteiger partial charge in [-0.1, -0.05) is 0 Å². The second-order valence-corrected chi connectivity index (χ2v) is 13.1. The summed E-state index contributed by atoms with van der Waals surface area (Å²) in [5, 5.41) is 0. The molecule has 2 atom stereocenters. The van der Waals surface area contributed by atoms with E-state index in [4.69, 9.17) is 17.5 Å². The Morgan fingerprint density at radius 1 is 0.515 bits per heavy atom. The number of unbranched alkanes of at least 4 members (excludes halogenated alkanes) is 16. The summed E-state index contributed by atoms with van der Waals surface area (Å²) in [6, 6.07) is 0. The van der Waals surface area contributed by atoms with Gasteiger partial charge in [0.05, 0.1) is 0 Å². The van der Waals surface area contributed by atoms with E-state index in [9.17, 15) is 0 Å². The van der Waals surface area contributed by atoms with E-state index in [0.29, 0.717) is 0 Å². The largest absolute Gasteiger partial charge is 0.394 e. The van der Waals surface area contributed by atoms with Gasteiger partial charge in [0.1, 0.15) is 0 Å².